The first-order valence-corrected chi connectivity index (χ1v) is 2.67. The van der Waals surface area contributed by atoms with Crippen LogP contribution in [-0.2, 0) is 0 Å². The van der Waals surface area contributed by atoms with Crippen LogP contribution in [0.1, 0.15) is 19.5 Å². The largest absolute Gasteiger partial charge is 0.358 e. The minimum atomic E-state index is 0. The summed E-state index contributed by atoms with van der Waals surface area (Å²) < 4.78 is 0. The van der Waals surface area contributed by atoms with E-state index in [9.17, 15) is 0 Å². The van der Waals surface area contributed by atoms with Gasteiger partial charge in [0.05, 0.1) is 0 Å². The zero-order valence-corrected chi connectivity index (χ0v) is 12.5. The van der Waals surface area contributed by atoms with Crippen LogP contribution < -0.4 is 5.10 Å². The van der Waals surface area contributed by atoms with Gasteiger partial charge in [0.25, 0.3) is 0 Å². The van der Waals surface area contributed by atoms with Crippen molar-refractivity contribution in [3.63, 3.8) is 0 Å². The Kier molecular flexibility index (Phi) is 6.95. The van der Waals surface area contributed by atoms with Gasteiger partial charge in [-0.25, -0.2) is 0 Å². The van der Waals surface area contributed by atoms with Crippen LogP contribution in [-0.4, -0.2) is 10.3 Å². The third-order valence-corrected chi connectivity index (χ3v) is 0.499. The van der Waals surface area contributed by atoms with Gasteiger partial charge in [-0.2, -0.15) is 0 Å². The van der Waals surface area contributed by atoms with Gasteiger partial charge in [-0.15, -0.1) is 0 Å². The van der Waals surface area contributed by atoms with Gasteiger partial charge in [0.15, 0.2) is 0 Å². The molecule has 0 N–H and O–H groups in total. The number of rotatable bonds is 0. The van der Waals surface area contributed by atoms with Crippen molar-refractivity contribution in [1.29, 1.82) is 0 Å². The van der Waals surface area contributed by atoms with Crippen molar-refractivity contribution >= 4 is 0 Å². The van der Waals surface area contributed by atoms with E-state index in [0.29, 0.717) is 0 Å². The monoisotopic (exact) mass is 379 g/mol. The van der Waals surface area contributed by atoms with Crippen molar-refractivity contribution in [1.82, 2.24) is 15.4 Å². The van der Waals surface area contributed by atoms with Crippen LogP contribution in [0.3, 0.4) is 0 Å². The molecule has 3 nitrogen and oxygen atoms in total. The van der Waals surface area contributed by atoms with E-state index >= 15 is 0 Å². The molecule has 0 radical (unpaired) electrons. The molecule has 0 aliphatic carbocycles. The first-order chi connectivity index (χ1) is 3.89. The fourth-order valence-corrected chi connectivity index (χ4v) is 0.232. The zero-order valence-electron chi connectivity index (χ0n) is 6.13. The standard InChI is InChI=1S/C3H4N3.C2H6.Rf/c1-3-2-4-6-5-3;1-2;/h2H,1H3;1-2H3;/q-1;;. The summed E-state index contributed by atoms with van der Waals surface area (Å²) in [6, 6.07) is 0. The molecule has 0 spiro atoms. The second-order valence-corrected chi connectivity index (χ2v) is 1.08. The predicted molar refractivity (Wildman–Crippen MR) is 31.4 cm³/mol. The summed E-state index contributed by atoms with van der Waals surface area (Å²) >= 11 is 0. The Hall–Kier alpha value is -1.86. The third kappa shape index (κ3) is 3.98. The normalized spacial score (nSPS) is 6.56. The Labute approximate surface area is 49.1 Å². The Balaban J connectivity index is 0. The topological polar surface area (TPSA) is 39.9 Å². The number of hydrogen-bond donors (Lipinski definition) is 0. The third-order valence-electron chi connectivity index (χ3n) is 0.499. The van der Waals surface area contributed by atoms with E-state index in [-0.39, 0.29) is 0 Å². The number of aryl methyl sites for hydroxylation is 1. The van der Waals surface area contributed by atoms with Gasteiger partial charge in [0, 0.05) is 0 Å². The molecule has 1 heterocycles. The van der Waals surface area contributed by atoms with E-state index < -0.39 is 0 Å². The number of aromatic nitrogens is 3. The Morgan fingerprint density at radius 3 is 2.11 bits per heavy atom. The summed E-state index contributed by atoms with van der Waals surface area (Å²) in [5, 5.41) is 10.3. The van der Waals surface area contributed by atoms with E-state index in [1.54, 1.807) is 6.20 Å². The Bertz CT molecular complexity index is 116. The minimum Gasteiger partial charge on any atom is -0.358 e. The molecule has 0 saturated heterocycles. The molecule has 0 atom stereocenters. The van der Waals surface area contributed by atoms with Crippen LogP contribution in [0.5, 0.6) is 0 Å². The predicted octanol–water partition coefficient (Wildman–Crippen LogP) is 0.768. The summed E-state index contributed by atoms with van der Waals surface area (Å²) in [5.41, 5.74) is 0.870. The van der Waals surface area contributed by atoms with Crippen molar-refractivity contribution in [2.75, 3.05) is 0 Å². The van der Waals surface area contributed by atoms with E-state index in [1.165, 1.54) is 0 Å². The molecule has 0 aliphatic rings. The van der Waals surface area contributed by atoms with Crippen molar-refractivity contribution in [3.05, 3.63) is 11.9 Å². The van der Waals surface area contributed by atoms with Crippen LogP contribution >= 0.6 is 0 Å². The number of hydrogen-bond acceptors (Lipinski definition) is 2. The maximum absolute atomic E-state index is 3.56. The van der Waals surface area contributed by atoms with Crippen molar-refractivity contribution in [2.45, 2.75) is 20.8 Å². The molecule has 0 aliphatic heterocycles. The van der Waals surface area contributed by atoms with Crippen molar-refractivity contribution < 1.29 is 0 Å². The SMILES string of the molecule is CC.Cc1c[n-]nn1.[Rf]. The number of nitrogens with zero attached hydrogens (tertiary/aromatic N) is 3. The van der Waals surface area contributed by atoms with Crippen LogP contribution in [0.4, 0.5) is 0 Å². The summed E-state index contributed by atoms with van der Waals surface area (Å²) in [6.45, 7) is 5.85. The molecule has 4 heteroatoms. The average Bonchev–Trinajstić information content (AvgIpc) is 2.24. The molecule has 1 aromatic heterocycles. The van der Waals surface area contributed by atoms with Gasteiger partial charge < -0.3 is 10.2 Å². The Morgan fingerprint density at radius 1 is 1.44 bits per heavy atom. The van der Waals surface area contributed by atoms with Gasteiger partial charge >= 0.3 is 0 Å². The molecule has 0 unspecified atom stereocenters. The van der Waals surface area contributed by atoms with E-state index in [0.717, 1.165) is 5.69 Å². The van der Waals surface area contributed by atoms with Crippen molar-refractivity contribution in [3.8, 4) is 0 Å². The zero-order chi connectivity index (χ0) is 6.41. The molecule has 0 amide bonds. The van der Waals surface area contributed by atoms with Crippen LogP contribution in [0.25, 0.3) is 0 Å². The summed E-state index contributed by atoms with van der Waals surface area (Å²) in [6.07, 6.45) is 1.61. The molecular weight excluding hydrogens is 369 g/mol. The maximum Gasteiger partial charge on any atom is 0 e. The summed E-state index contributed by atoms with van der Waals surface area (Å²) in [5.74, 6) is 0. The molecule has 0 saturated carbocycles. The first kappa shape index (κ1) is 10.2. The molecular formula is C5H10N3Rf-. The van der Waals surface area contributed by atoms with Crippen LogP contribution in [0, 0.1) is 6.92 Å². The Morgan fingerprint density at radius 2 is 2.00 bits per heavy atom. The molecule has 0 fully saturated rings. The fraction of sp³-hybridized carbons (Fsp3) is 0.600. The smallest absolute Gasteiger partial charge is 0 e. The quantitative estimate of drug-likeness (QED) is 0.669. The summed E-state index contributed by atoms with van der Waals surface area (Å²) in [4.78, 5) is 0. The van der Waals surface area contributed by atoms with Gasteiger partial charge in [0.2, 0.25) is 0 Å². The van der Waals surface area contributed by atoms with Gasteiger partial charge in [-0.05, 0) is 6.92 Å². The molecule has 1 rings (SSSR count). The fourth-order valence-electron chi connectivity index (χ4n) is 0.232. The van der Waals surface area contributed by atoms with Gasteiger partial charge in [-0.1, -0.05) is 25.7 Å². The minimum absolute atomic E-state index is 0. The van der Waals surface area contributed by atoms with Gasteiger partial charge in [-0.3, -0.25) is 5.21 Å². The van der Waals surface area contributed by atoms with E-state index in [4.69, 9.17) is 0 Å². The molecule has 9 heavy (non-hydrogen) atoms. The molecule has 0 aromatic carbocycles. The van der Waals surface area contributed by atoms with E-state index in [2.05, 4.69) is 15.4 Å². The summed E-state index contributed by atoms with van der Waals surface area (Å²) in [7, 11) is 0. The molecule has 0 bridgehead atoms. The average molecular weight is 379 g/mol. The van der Waals surface area contributed by atoms with Crippen LogP contribution in [0.2, 0.25) is 0 Å². The molecule has 1 aromatic rings. The van der Waals surface area contributed by atoms with Crippen molar-refractivity contribution in [2.24, 2.45) is 0 Å². The first-order valence-electron chi connectivity index (χ1n) is 2.67. The molecule has 48 valence electrons. The second-order valence-electron chi connectivity index (χ2n) is 1.08. The van der Waals surface area contributed by atoms with Crippen LogP contribution in [0.15, 0.2) is 6.20 Å². The second kappa shape index (κ2) is 6.14. The van der Waals surface area contributed by atoms with E-state index in [1.807, 2.05) is 20.8 Å². The maximum atomic E-state index is 3.56. The van der Waals surface area contributed by atoms with Gasteiger partial charge in [0.1, 0.15) is 0 Å².